The maximum atomic E-state index is 12.8. The highest BCUT2D eigenvalue weighted by atomic mass is 16.2. The summed E-state index contributed by atoms with van der Waals surface area (Å²) in [7, 11) is 1.80. The highest BCUT2D eigenvalue weighted by Crippen LogP contribution is 2.14. The van der Waals surface area contributed by atoms with Crippen molar-refractivity contribution in [1.29, 1.82) is 0 Å². The average Bonchev–Trinajstić information content (AvgIpc) is 2.97. The normalized spacial score (nSPS) is 11.0. The summed E-state index contributed by atoms with van der Waals surface area (Å²) in [4.78, 5) is 31.3. The molecule has 0 saturated heterocycles. The molecule has 3 rings (SSSR count). The Labute approximate surface area is 159 Å². The molecule has 0 aliphatic carbocycles. The molecule has 2 heterocycles. The summed E-state index contributed by atoms with van der Waals surface area (Å²) in [6.07, 6.45) is 3.68. The van der Waals surface area contributed by atoms with Crippen LogP contribution < -0.4 is 5.69 Å². The average molecular weight is 366 g/mol. The summed E-state index contributed by atoms with van der Waals surface area (Å²) in [6.45, 7) is 3.74. The van der Waals surface area contributed by atoms with Crippen molar-refractivity contribution < 1.29 is 4.79 Å². The number of benzene rings is 1. The lowest BCUT2D eigenvalue weighted by Crippen LogP contribution is -2.31. The first-order valence-corrected chi connectivity index (χ1v) is 9.43. The van der Waals surface area contributed by atoms with Gasteiger partial charge in [-0.3, -0.25) is 18.9 Å². The number of hydrogen-bond acceptors (Lipinski definition) is 3. The number of amides is 1. The van der Waals surface area contributed by atoms with E-state index in [0.717, 1.165) is 29.6 Å². The summed E-state index contributed by atoms with van der Waals surface area (Å²) in [5, 5.41) is 0. The highest BCUT2D eigenvalue weighted by Gasteiger charge is 2.15. The van der Waals surface area contributed by atoms with E-state index in [0.29, 0.717) is 26.1 Å². The van der Waals surface area contributed by atoms with Crippen LogP contribution in [0, 0.1) is 0 Å². The molecule has 0 aliphatic rings. The number of imidazole rings is 1. The molecule has 142 valence electrons. The van der Waals surface area contributed by atoms with Crippen LogP contribution in [0.1, 0.15) is 25.5 Å². The van der Waals surface area contributed by atoms with Gasteiger partial charge in [-0.15, -0.1) is 0 Å². The molecule has 0 bridgehead atoms. The van der Waals surface area contributed by atoms with Crippen molar-refractivity contribution in [3.05, 3.63) is 64.8 Å². The Balaban J connectivity index is 1.66. The number of para-hydroxylation sites is 2. The van der Waals surface area contributed by atoms with E-state index in [-0.39, 0.29) is 11.6 Å². The molecule has 3 aromatic rings. The van der Waals surface area contributed by atoms with Crippen molar-refractivity contribution in [2.45, 2.75) is 39.3 Å². The second-order valence-electron chi connectivity index (χ2n) is 6.71. The topological polar surface area (TPSA) is 60.1 Å². The van der Waals surface area contributed by atoms with Crippen LogP contribution in [0.2, 0.25) is 0 Å². The van der Waals surface area contributed by atoms with Gasteiger partial charge in [0.05, 0.1) is 11.0 Å². The van der Waals surface area contributed by atoms with Crippen molar-refractivity contribution in [2.24, 2.45) is 0 Å². The maximum Gasteiger partial charge on any atom is 0.329 e. The lowest BCUT2D eigenvalue weighted by atomic mass is 10.2. The predicted molar refractivity (Wildman–Crippen MR) is 107 cm³/mol. The van der Waals surface area contributed by atoms with Crippen molar-refractivity contribution in [3.8, 4) is 0 Å². The van der Waals surface area contributed by atoms with E-state index in [1.807, 2.05) is 42.5 Å². The third-order valence-electron chi connectivity index (χ3n) is 4.78. The molecular formula is C21H26N4O2. The van der Waals surface area contributed by atoms with Gasteiger partial charge in [-0.05, 0) is 30.7 Å². The second kappa shape index (κ2) is 8.66. The van der Waals surface area contributed by atoms with Crippen LogP contribution in [-0.2, 0) is 24.3 Å². The van der Waals surface area contributed by atoms with E-state index in [2.05, 4.69) is 11.9 Å². The Morgan fingerprint density at radius 1 is 1.04 bits per heavy atom. The number of aryl methyl sites for hydroxylation is 2. The summed E-state index contributed by atoms with van der Waals surface area (Å²) in [6, 6.07) is 13.6. The minimum absolute atomic E-state index is 0.0325. The molecule has 0 saturated carbocycles. The zero-order valence-corrected chi connectivity index (χ0v) is 16.0. The van der Waals surface area contributed by atoms with Gasteiger partial charge >= 0.3 is 5.69 Å². The third kappa shape index (κ3) is 4.27. The van der Waals surface area contributed by atoms with Crippen LogP contribution in [0.3, 0.4) is 0 Å². The molecule has 0 atom stereocenters. The number of likely N-dealkylation sites (N-methyl/N-ethyl adjacent to an activating group) is 1. The minimum atomic E-state index is -0.0398. The molecule has 0 radical (unpaired) electrons. The number of carbonyl (C=O) groups excluding carboxylic acids is 1. The van der Waals surface area contributed by atoms with E-state index in [1.54, 1.807) is 27.3 Å². The summed E-state index contributed by atoms with van der Waals surface area (Å²) >= 11 is 0. The third-order valence-corrected chi connectivity index (χ3v) is 4.78. The number of pyridine rings is 1. The number of hydrogen-bond donors (Lipinski definition) is 0. The molecular weight excluding hydrogens is 340 g/mol. The summed E-state index contributed by atoms with van der Waals surface area (Å²) < 4.78 is 3.51. The van der Waals surface area contributed by atoms with Crippen LogP contribution in [0.4, 0.5) is 0 Å². The summed E-state index contributed by atoms with van der Waals surface area (Å²) in [5.41, 5.74) is 2.75. The molecule has 0 aliphatic heterocycles. The van der Waals surface area contributed by atoms with Crippen LogP contribution in [0.15, 0.2) is 53.5 Å². The fourth-order valence-corrected chi connectivity index (χ4v) is 3.28. The highest BCUT2D eigenvalue weighted by molar-refractivity contribution is 5.78. The van der Waals surface area contributed by atoms with Gasteiger partial charge < -0.3 is 4.90 Å². The number of rotatable bonds is 8. The van der Waals surface area contributed by atoms with Gasteiger partial charge in [-0.2, -0.15) is 0 Å². The molecule has 1 amide bonds. The lowest BCUT2D eigenvalue weighted by Gasteiger charge is -2.17. The number of fused-ring (bicyclic) bond motifs is 1. The molecule has 6 nitrogen and oxygen atoms in total. The van der Waals surface area contributed by atoms with Gasteiger partial charge in [0.15, 0.2) is 0 Å². The van der Waals surface area contributed by atoms with Crippen molar-refractivity contribution in [1.82, 2.24) is 19.0 Å². The first-order valence-electron chi connectivity index (χ1n) is 9.43. The fraction of sp³-hybridized carbons (Fsp3) is 0.381. The van der Waals surface area contributed by atoms with Gasteiger partial charge in [-0.25, -0.2) is 4.79 Å². The Hall–Kier alpha value is -2.89. The largest absolute Gasteiger partial charge is 0.345 e. The van der Waals surface area contributed by atoms with Gasteiger partial charge in [0.2, 0.25) is 5.91 Å². The number of carbonyl (C=O) groups is 1. The fourth-order valence-electron chi connectivity index (χ4n) is 3.28. The van der Waals surface area contributed by atoms with Crippen LogP contribution in [-0.4, -0.2) is 38.5 Å². The van der Waals surface area contributed by atoms with E-state index in [9.17, 15) is 9.59 Å². The van der Waals surface area contributed by atoms with E-state index < -0.39 is 0 Å². The molecule has 0 spiro atoms. The Morgan fingerprint density at radius 2 is 1.70 bits per heavy atom. The zero-order valence-electron chi connectivity index (χ0n) is 16.0. The molecule has 0 unspecified atom stereocenters. The molecule has 1 aromatic carbocycles. The van der Waals surface area contributed by atoms with Crippen LogP contribution >= 0.6 is 0 Å². The van der Waals surface area contributed by atoms with E-state index >= 15 is 0 Å². The first kappa shape index (κ1) is 18.9. The second-order valence-corrected chi connectivity index (χ2v) is 6.71. The Kier molecular flexibility index (Phi) is 6.06. The Morgan fingerprint density at radius 3 is 2.33 bits per heavy atom. The first-order chi connectivity index (χ1) is 13.1. The van der Waals surface area contributed by atoms with Gasteiger partial charge in [-0.1, -0.05) is 25.1 Å². The molecule has 0 N–H and O–H groups in total. The number of aromatic nitrogens is 3. The van der Waals surface area contributed by atoms with Crippen LogP contribution in [0.25, 0.3) is 11.0 Å². The molecule has 27 heavy (non-hydrogen) atoms. The van der Waals surface area contributed by atoms with Gasteiger partial charge in [0.1, 0.15) is 0 Å². The molecule has 6 heteroatoms. The summed E-state index contributed by atoms with van der Waals surface area (Å²) in [5.74, 6) is 0.0325. The quantitative estimate of drug-likeness (QED) is 0.616. The van der Waals surface area contributed by atoms with E-state index in [1.165, 1.54) is 0 Å². The van der Waals surface area contributed by atoms with Gasteiger partial charge in [0, 0.05) is 51.4 Å². The minimum Gasteiger partial charge on any atom is -0.345 e. The molecule has 0 fully saturated rings. The Bertz CT molecular complexity index is 959. The van der Waals surface area contributed by atoms with Crippen LogP contribution in [0.5, 0.6) is 0 Å². The van der Waals surface area contributed by atoms with Gasteiger partial charge in [0.25, 0.3) is 0 Å². The smallest absolute Gasteiger partial charge is 0.329 e. The lowest BCUT2D eigenvalue weighted by molar-refractivity contribution is -0.130. The van der Waals surface area contributed by atoms with E-state index in [4.69, 9.17) is 0 Å². The predicted octanol–water partition coefficient (Wildman–Crippen LogP) is 2.70. The standard InChI is InChI=1S/C21H26N4O2/c1-3-14-24-18-9-4-5-10-19(18)25(21(24)27)16-12-20(26)23(2)15-11-17-8-6-7-13-22-17/h4-10,13H,3,11-12,14-16H2,1-2H3. The SMILES string of the molecule is CCCn1c(=O)n(CCC(=O)N(C)CCc2ccccn2)c2ccccc21. The van der Waals surface area contributed by atoms with Crippen molar-refractivity contribution in [2.75, 3.05) is 13.6 Å². The monoisotopic (exact) mass is 366 g/mol. The zero-order chi connectivity index (χ0) is 19.2. The van der Waals surface area contributed by atoms with Crippen molar-refractivity contribution >= 4 is 16.9 Å². The molecule has 2 aromatic heterocycles. The number of nitrogens with zero attached hydrogens (tertiary/aromatic N) is 4. The maximum absolute atomic E-state index is 12.8. The van der Waals surface area contributed by atoms with Crippen molar-refractivity contribution in [3.63, 3.8) is 0 Å².